The minimum atomic E-state index is 0.382. The lowest BCUT2D eigenvalue weighted by Crippen LogP contribution is -2.04. The van der Waals surface area contributed by atoms with E-state index in [4.69, 9.17) is 15.2 Å². The van der Waals surface area contributed by atoms with Crippen LogP contribution < -0.4 is 15.2 Å². The summed E-state index contributed by atoms with van der Waals surface area (Å²) in [5.74, 6) is 1.29. The van der Waals surface area contributed by atoms with Gasteiger partial charge in [0.05, 0.1) is 14.2 Å². The summed E-state index contributed by atoms with van der Waals surface area (Å²) in [6.07, 6.45) is 0. The van der Waals surface area contributed by atoms with Crippen molar-refractivity contribution in [2.24, 2.45) is 12.8 Å². The molecular weight excluding hydrogens is 312 g/mol. The normalized spacial score (nSPS) is 10.6. The van der Waals surface area contributed by atoms with Gasteiger partial charge in [0.15, 0.2) is 16.1 Å². The Kier molecular flexibility index (Phi) is 4.06. The first-order valence-electron chi connectivity index (χ1n) is 5.62. The van der Waals surface area contributed by atoms with E-state index >= 15 is 0 Å². The van der Waals surface area contributed by atoms with Crippen molar-refractivity contribution in [2.75, 3.05) is 14.2 Å². The van der Waals surface area contributed by atoms with Crippen LogP contribution >= 0.6 is 15.9 Å². The molecule has 102 valence electrons. The van der Waals surface area contributed by atoms with Crippen molar-refractivity contribution in [1.29, 1.82) is 0 Å². The molecule has 0 unspecified atom stereocenters. The Bertz CT molecular complexity index is 578. The Morgan fingerprint density at radius 3 is 2.37 bits per heavy atom. The second-order valence-electron chi connectivity index (χ2n) is 3.92. The predicted octanol–water partition coefficient (Wildman–Crippen LogP) is 1.72. The van der Waals surface area contributed by atoms with Crippen LogP contribution in [-0.2, 0) is 13.6 Å². The number of ether oxygens (including phenoxy) is 2. The van der Waals surface area contributed by atoms with Crippen molar-refractivity contribution >= 4 is 15.9 Å². The fourth-order valence-electron chi connectivity index (χ4n) is 1.93. The van der Waals surface area contributed by atoms with Crippen LogP contribution in [0.3, 0.4) is 0 Å². The quantitative estimate of drug-likeness (QED) is 0.925. The Hall–Kier alpha value is -1.60. The third kappa shape index (κ3) is 2.43. The summed E-state index contributed by atoms with van der Waals surface area (Å²) in [6.45, 7) is 0.382. The van der Waals surface area contributed by atoms with E-state index in [1.165, 1.54) is 0 Å². The van der Waals surface area contributed by atoms with Gasteiger partial charge in [-0.05, 0) is 33.6 Å². The number of hydrogen-bond donors (Lipinski definition) is 1. The number of hydrogen-bond acceptors (Lipinski definition) is 5. The maximum absolute atomic E-state index is 5.81. The summed E-state index contributed by atoms with van der Waals surface area (Å²) in [7, 11) is 5.02. The van der Waals surface area contributed by atoms with Crippen molar-refractivity contribution in [3.8, 4) is 22.8 Å². The van der Waals surface area contributed by atoms with Crippen LogP contribution in [0.2, 0.25) is 0 Å². The molecule has 19 heavy (non-hydrogen) atoms. The summed E-state index contributed by atoms with van der Waals surface area (Å²) in [6, 6.07) is 3.75. The monoisotopic (exact) mass is 326 g/mol. The highest BCUT2D eigenvalue weighted by Crippen LogP contribution is 2.37. The minimum absolute atomic E-state index is 0.382. The van der Waals surface area contributed by atoms with E-state index in [0.29, 0.717) is 22.6 Å². The van der Waals surface area contributed by atoms with E-state index in [9.17, 15) is 0 Å². The molecule has 0 saturated heterocycles. The lowest BCUT2D eigenvalue weighted by atomic mass is 10.0. The zero-order valence-electron chi connectivity index (χ0n) is 11.0. The first-order valence-corrected chi connectivity index (χ1v) is 6.42. The van der Waals surface area contributed by atoms with Crippen LogP contribution in [0.1, 0.15) is 5.56 Å². The molecule has 2 rings (SSSR count). The Morgan fingerprint density at radius 2 is 1.89 bits per heavy atom. The SMILES string of the molecule is COc1cc(CN)c(-c2c(Br)nnn2C)cc1OC. The number of benzene rings is 1. The van der Waals surface area contributed by atoms with E-state index in [1.807, 2.05) is 19.2 Å². The molecule has 0 aliphatic heterocycles. The summed E-state index contributed by atoms with van der Waals surface area (Å²) >= 11 is 3.39. The molecule has 7 heteroatoms. The minimum Gasteiger partial charge on any atom is -0.493 e. The molecule has 0 radical (unpaired) electrons. The predicted molar refractivity (Wildman–Crippen MR) is 75.1 cm³/mol. The molecule has 0 atom stereocenters. The van der Waals surface area contributed by atoms with Crippen molar-refractivity contribution in [2.45, 2.75) is 6.54 Å². The molecule has 1 heterocycles. The smallest absolute Gasteiger partial charge is 0.161 e. The standard InChI is InChI=1S/C12H15BrN4O2/c1-17-11(12(13)15-16-17)8-5-10(19-3)9(18-2)4-7(8)6-14/h4-5H,6,14H2,1-3H3. The summed E-state index contributed by atoms with van der Waals surface area (Å²) in [5, 5.41) is 7.96. The lowest BCUT2D eigenvalue weighted by Gasteiger charge is -2.14. The molecule has 0 amide bonds. The Morgan fingerprint density at radius 1 is 1.26 bits per heavy atom. The second kappa shape index (κ2) is 5.58. The van der Waals surface area contributed by atoms with Gasteiger partial charge in [-0.25, -0.2) is 4.68 Å². The van der Waals surface area contributed by atoms with Gasteiger partial charge in [0.25, 0.3) is 0 Å². The summed E-state index contributed by atoms with van der Waals surface area (Å²) in [4.78, 5) is 0. The van der Waals surface area contributed by atoms with Crippen LogP contribution in [0.4, 0.5) is 0 Å². The highest BCUT2D eigenvalue weighted by atomic mass is 79.9. The number of halogens is 1. The van der Waals surface area contributed by atoms with Gasteiger partial charge < -0.3 is 15.2 Å². The van der Waals surface area contributed by atoms with Crippen molar-refractivity contribution in [3.63, 3.8) is 0 Å². The first kappa shape index (κ1) is 13.8. The van der Waals surface area contributed by atoms with Crippen LogP contribution in [-0.4, -0.2) is 29.2 Å². The van der Waals surface area contributed by atoms with Crippen LogP contribution in [0.5, 0.6) is 11.5 Å². The van der Waals surface area contributed by atoms with Gasteiger partial charge in [0.1, 0.15) is 5.69 Å². The summed E-state index contributed by atoms with van der Waals surface area (Å²) in [5.41, 5.74) is 8.51. The van der Waals surface area contributed by atoms with Gasteiger partial charge >= 0.3 is 0 Å². The highest BCUT2D eigenvalue weighted by Gasteiger charge is 2.17. The largest absolute Gasteiger partial charge is 0.493 e. The molecule has 0 spiro atoms. The van der Waals surface area contributed by atoms with Gasteiger partial charge in [-0.15, -0.1) is 5.10 Å². The Labute approximate surface area is 119 Å². The average molecular weight is 327 g/mol. The second-order valence-corrected chi connectivity index (χ2v) is 4.67. The number of nitrogens with two attached hydrogens (primary N) is 1. The molecule has 0 aliphatic carbocycles. The fourth-order valence-corrected chi connectivity index (χ4v) is 2.47. The molecule has 2 aromatic rings. The van der Waals surface area contributed by atoms with E-state index < -0.39 is 0 Å². The maximum Gasteiger partial charge on any atom is 0.161 e. The molecular formula is C12H15BrN4O2. The molecule has 1 aromatic carbocycles. The van der Waals surface area contributed by atoms with E-state index in [1.54, 1.807) is 18.9 Å². The van der Waals surface area contributed by atoms with Crippen LogP contribution in [0, 0.1) is 0 Å². The maximum atomic E-state index is 5.81. The van der Waals surface area contributed by atoms with Crippen molar-refractivity contribution in [1.82, 2.24) is 15.0 Å². The average Bonchev–Trinajstić information content (AvgIpc) is 2.76. The van der Waals surface area contributed by atoms with E-state index in [-0.39, 0.29) is 0 Å². The number of aromatic nitrogens is 3. The van der Waals surface area contributed by atoms with E-state index in [0.717, 1.165) is 16.8 Å². The molecule has 0 bridgehead atoms. The van der Waals surface area contributed by atoms with Crippen LogP contribution in [0.15, 0.2) is 16.7 Å². The lowest BCUT2D eigenvalue weighted by molar-refractivity contribution is 0.354. The number of aryl methyl sites for hydroxylation is 1. The molecule has 0 fully saturated rings. The number of nitrogens with zero attached hydrogens (tertiary/aromatic N) is 3. The molecule has 1 aromatic heterocycles. The van der Waals surface area contributed by atoms with Gasteiger partial charge in [-0.2, -0.15) is 0 Å². The number of rotatable bonds is 4. The highest BCUT2D eigenvalue weighted by molar-refractivity contribution is 9.10. The van der Waals surface area contributed by atoms with Gasteiger partial charge in [0, 0.05) is 19.2 Å². The topological polar surface area (TPSA) is 75.2 Å². The van der Waals surface area contributed by atoms with Crippen molar-refractivity contribution in [3.05, 3.63) is 22.3 Å². The zero-order valence-corrected chi connectivity index (χ0v) is 12.6. The van der Waals surface area contributed by atoms with Gasteiger partial charge in [-0.3, -0.25) is 0 Å². The van der Waals surface area contributed by atoms with E-state index in [2.05, 4.69) is 26.2 Å². The first-order chi connectivity index (χ1) is 9.12. The molecule has 6 nitrogen and oxygen atoms in total. The zero-order chi connectivity index (χ0) is 14.0. The fraction of sp³-hybridized carbons (Fsp3) is 0.333. The van der Waals surface area contributed by atoms with Gasteiger partial charge in [-0.1, -0.05) is 5.21 Å². The third-order valence-electron chi connectivity index (χ3n) is 2.87. The number of methoxy groups -OCH3 is 2. The molecule has 2 N–H and O–H groups in total. The molecule has 0 saturated carbocycles. The molecule has 0 aliphatic rings. The van der Waals surface area contributed by atoms with Crippen molar-refractivity contribution < 1.29 is 9.47 Å². The third-order valence-corrected chi connectivity index (χ3v) is 3.40. The van der Waals surface area contributed by atoms with Gasteiger partial charge in [0.2, 0.25) is 0 Å². The summed E-state index contributed by atoms with van der Waals surface area (Å²) < 4.78 is 13.0. The van der Waals surface area contributed by atoms with Crippen LogP contribution in [0.25, 0.3) is 11.3 Å². The Balaban J connectivity index is 2.69.